The van der Waals surface area contributed by atoms with Gasteiger partial charge in [-0.15, -0.1) is 11.3 Å². The Morgan fingerprint density at radius 1 is 1.28 bits per heavy atom. The number of carbonyl (C=O) groups is 1. The molecule has 0 spiro atoms. The van der Waals surface area contributed by atoms with Gasteiger partial charge in [-0.1, -0.05) is 24.3 Å². The maximum atomic E-state index is 13.1. The van der Waals surface area contributed by atoms with Gasteiger partial charge < -0.3 is 9.64 Å². The molecule has 2 aromatic carbocycles. The Balaban J connectivity index is 1.55. The van der Waals surface area contributed by atoms with Crippen molar-refractivity contribution in [3.05, 3.63) is 76.2 Å². The number of para-hydroxylation sites is 1. The highest BCUT2D eigenvalue weighted by molar-refractivity contribution is 7.07. The van der Waals surface area contributed by atoms with Crippen LogP contribution in [0.15, 0.2) is 59.4 Å². The van der Waals surface area contributed by atoms with Crippen LogP contribution in [-0.4, -0.2) is 16.9 Å². The van der Waals surface area contributed by atoms with E-state index in [0.717, 1.165) is 17.8 Å². The highest BCUT2D eigenvalue weighted by Crippen LogP contribution is 2.33. The van der Waals surface area contributed by atoms with Crippen molar-refractivity contribution in [1.82, 2.24) is 4.98 Å². The monoisotopic (exact) mass is 350 g/mol. The van der Waals surface area contributed by atoms with Gasteiger partial charge in [0.15, 0.2) is 0 Å². The lowest BCUT2D eigenvalue weighted by molar-refractivity contribution is 0.0981. The second kappa shape index (κ2) is 6.69. The molecule has 0 bridgehead atoms. The first-order valence-electron chi connectivity index (χ1n) is 8.24. The van der Waals surface area contributed by atoms with Crippen molar-refractivity contribution in [2.45, 2.75) is 26.0 Å². The summed E-state index contributed by atoms with van der Waals surface area (Å²) in [7, 11) is 0. The van der Waals surface area contributed by atoms with Crippen molar-refractivity contribution in [2.24, 2.45) is 0 Å². The Labute approximate surface area is 150 Å². The minimum atomic E-state index is 0.0107. The Kier molecular flexibility index (Phi) is 4.24. The van der Waals surface area contributed by atoms with Crippen LogP contribution in [0.5, 0.6) is 5.75 Å². The molecule has 3 aromatic rings. The fourth-order valence-corrected chi connectivity index (χ4v) is 3.74. The number of rotatable bonds is 4. The van der Waals surface area contributed by atoms with Crippen LogP contribution in [0.1, 0.15) is 28.5 Å². The number of ether oxygens (including phenoxy) is 1. The largest absolute Gasteiger partial charge is 0.487 e. The van der Waals surface area contributed by atoms with Gasteiger partial charge >= 0.3 is 0 Å². The number of hydrogen-bond donors (Lipinski definition) is 0. The quantitative estimate of drug-likeness (QED) is 0.704. The molecule has 0 fully saturated rings. The van der Waals surface area contributed by atoms with Gasteiger partial charge in [-0.2, -0.15) is 0 Å². The molecule has 0 saturated heterocycles. The van der Waals surface area contributed by atoms with E-state index in [9.17, 15) is 4.79 Å². The summed E-state index contributed by atoms with van der Waals surface area (Å²) in [4.78, 5) is 19.2. The Morgan fingerprint density at radius 2 is 2.16 bits per heavy atom. The van der Waals surface area contributed by atoms with Crippen LogP contribution in [0.25, 0.3) is 0 Å². The van der Waals surface area contributed by atoms with Crippen LogP contribution in [0.3, 0.4) is 0 Å². The van der Waals surface area contributed by atoms with Gasteiger partial charge in [0.05, 0.1) is 11.2 Å². The SMILES string of the molecule is CC1Cc2ccccc2N1C(=O)c1cccc(OCc2cscn2)c1. The van der Waals surface area contributed by atoms with E-state index in [1.165, 1.54) is 5.56 Å². The van der Waals surface area contributed by atoms with Crippen LogP contribution in [-0.2, 0) is 13.0 Å². The van der Waals surface area contributed by atoms with Crippen LogP contribution < -0.4 is 9.64 Å². The fourth-order valence-electron chi connectivity index (χ4n) is 3.20. The minimum Gasteiger partial charge on any atom is -0.487 e. The highest BCUT2D eigenvalue weighted by Gasteiger charge is 2.31. The molecule has 0 saturated carbocycles. The van der Waals surface area contributed by atoms with Gasteiger partial charge in [0, 0.05) is 22.7 Å². The lowest BCUT2D eigenvalue weighted by Gasteiger charge is -2.23. The Hall–Kier alpha value is -2.66. The van der Waals surface area contributed by atoms with Crippen LogP contribution in [0.2, 0.25) is 0 Å². The average molecular weight is 350 g/mol. The summed E-state index contributed by atoms with van der Waals surface area (Å²) in [5.41, 5.74) is 5.54. The summed E-state index contributed by atoms with van der Waals surface area (Å²) in [6.45, 7) is 2.49. The number of amides is 1. The van der Waals surface area contributed by atoms with E-state index in [2.05, 4.69) is 18.0 Å². The number of thiazole rings is 1. The molecule has 1 aromatic heterocycles. The van der Waals surface area contributed by atoms with Crippen molar-refractivity contribution in [2.75, 3.05) is 4.90 Å². The zero-order valence-corrected chi connectivity index (χ0v) is 14.7. The summed E-state index contributed by atoms with van der Waals surface area (Å²) in [5, 5.41) is 1.96. The smallest absolute Gasteiger partial charge is 0.258 e. The van der Waals surface area contributed by atoms with Crippen molar-refractivity contribution in [1.29, 1.82) is 0 Å². The zero-order chi connectivity index (χ0) is 17.2. The second-order valence-corrected chi connectivity index (χ2v) is 6.87. The number of fused-ring (bicyclic) bond motifs is 1. The summed E-state index contributed by atoms with van der Waals surface area (Å²) in [6.07, 6.45) is 0.891. The number of carbonyl (C=O) groups excluding carboxylic acids is 1. The molecule has 5 heteroatoms. The number of benzene rings is 2. The van der Waals surface area contributed by atoms with E-state index in [1.807, 2.05) is 52.7 Å². The van der Waals surface area contributed by atoms with E-state index in [4.69, 9.17) is 4.74 Å². The summed E-state index contributed by atoms with van der Waals surface area (Å²) < 4.78 is 5.77. The third-order valence-electron chi connectivity index (χ3n) is 4.38. The molecule has 126 valence electrons. The van der Waals surface area contributed by atoms with Crippen molar-refractivity contribution in [3.8, 4) is 5.75 Å². The van der Waals surface area contributed by atoms with Gasteiger partial charge in [0.25, 0.3) is 5.91 Å². The summed E-state index contributed by atoms with van der Waals surface area (Å²) >= 11 is 1.54. The van der Waals surface area contributed by atoms with E-state index >= 15 is 0 Å². The molecular weight excluding hydrogens is 332 g/mol. The highest BCUT2D eigenvalue weighted by atomic mass is 32.1. The first-order valence-corrected chi connectivity index (χ1v) is 9.18. The molecule has 1 aliphatic rings. The first-order chi connectivity index (χ1) is 12.2. The van der Waals surface area contributed by atoms with Gasteiger partial charge in [-0.3, -0.25) is 4.79 Å². The Bertz CT molecular complexity index is 892. The number of aromatic nitrogens is 1. The fraction of sp³-hybridized carbons (Fsp3) is 0.200. The third-order valence-corrected chi connectivity index (χ3v) is 5.01. The molecule has 0 radical (unpaired) electrons. The molecule has 1 unspecified atom stereocenters. The molecule has 1 aliphatic heterocycles. The molecule has 4 nitrogen and oxygen atoms in total. The van der Waals surface area contributed by atoms with Crippen LogP contribution >= 0.6 is 11.3 Å². The standard InChI is InChI=1S/C20H18N2O2S/c1-14-9-15-5-2-3-8-19(15)22(14)20(23)16-6-4-7-18(10-16)24-11-17-12-25-13-21-17/h2-8,10,12-14H,9,11H2,1H3. The molecule has 4 rings (SSSR count). The molecule has 1 atom stereocenters. The lowest BCUT2D eigenvalue weighted by atomic mass is 10.1. The van der Waals surface area contributed by atoms with Gasteiger partial charge in [0.2, 0.25) is 0 Å². The van der Waals surface area contributed by atoms with E-state index < -0.39 is 0 Å². The van der Waals surface area contributed by atoms with Crippen LogP contribution in [0.4, 0.5) is 5.69 Å². The first kappa shape index (κ1) is 15.8. The topological polar surface area (TPSA) is 42.4 Å². The third kappa shape index (κ3) is 3.15. The number of hydrogen-bond acceptors (Lipinski definition) is 4. The van der Waals surface area contributed by atoms with Crippen molar-refractivity contribution in [3.63, 3.8) is 0 Å². The minimum absolute atomic E-state index is 0.0107. The van der Waals surface area contributed by atoms with Crippen molar-refractivity contribution < 1.29 is 9.53 Å². The molecule has 0 N–H and O–H groups in total. The average Bonchev–Trinajstić information content (AvgIpc) is 3.26. The lowest BCUT2D eigenvalue weighted by Crippen LogP contribution is -2.35. The molecule has 1 amide bonds. The van der Waals surface area contributed by atoms with E-state index in [-0.39, 0.29) is 11.9 Å². The maximum Gasteiger partial charge on any atom is 0.258 e. The van der Waals surface area contributed by atoms with Gasteiger partial charge in [-0.05, 0) is 43.2 Å². The maximum absolute atomic E-state index is 13.1. The predicted molar refractivity (Wildman–Crippen MR) is 99.3 cm³/mol. The number of nitrogens with zero attached hydrogens (tertiary/aromatic N) is 2. The van der Waals surface area contributed by atoms with Crippen LogP contribution in [0, 0.1) is 0 Å². The molecular formula is C20H18N2O2S. The van der Waals surface area contributed by atoms with E-state index in [0.29, 0.717) is 17.9 Å². The number of anilines is 1. The summed E-state index contributed by atoms with van der Waals surface area (Å²) in [6, 6.07) is 15.6. The summed E-state index contributed by atoms with van der Waals surface area (Å²) in [5.74, 6) is 0.690. The molecule has 2 heterocycles. The normalized spacial score (nSPS) is 15.9. The predicted octanol–water partition coefficient (Wildman–Crippen LogP) is 4.31. The zero-order valence-electron chi connectivity index (χ0n) is 13.9. The van der Waals surface area contributed by atoms with Gasteiger partial charge in [-0.25, -0.2) is 4.98 Å². The molecule has 0 aliphatic carbocycles. The van der Waals surface area contributed by atoms with Crippen molar-refractivity contribution >= 4 is 22.9 Å². The van der Waals surface area contributed by atoms with Gasteiger partial charge in [0.1, 0.15) is 12.4 Å². The van der Waals surface area contributed by atoms with E-state index in [1.54, 1.807) is 16.8 Å². The Morgan fingerprint density at radius 3 is 3.00 bits per heavy atom. The molecule has 25 heavy (non-hydrogen) atoms. The second-order valence-electron chi connectivity index (χ2n) is 6.15.